The zero-order chi connectivity index (χ0) is 13.0. The molecule has 94 valence electrons. The fourth-order valence-corrected chi connectivity index (χ4v) is 2.31. The molecule has 0 saturated carbocycles. The Balaban J connectivity index is 2.43. The molecular weight excluding hydrogens is 244 g/mol. The summed E-state index contributed by atoms with van der Waals surface area (Å²) in [7, 11) is 0. The van der Waals surface area contributed by atoms with E-state index in [-0.39, 0.29) is 6.04 Å². The van der Waals surface area contributed by atoms with E-state index in [2.05, 4.69) is 48.4 Å². The van der Waals surface area contributed by atoms with Crippen LogP contribution >= 0.6 is 11.6 Å². The van der Waals surface area contributed by atoms with Gasteiger partial charge in [-0.3, -0.25) is 4.98 Å². The van der Waals surface area contributed by atoms with E-state index in [4.69, 9.17) is 11.6 Å². The number of hydrogen-bond acceptors (Lipinski definition) is 2. The van der Waals surface area contributed by atoms with E-state index >= 15 is 0 Å². The Morgan fingerprint density at radius 1 is 1.33 bits per heavy atom. The molecule has 2 nitrogen and oxygen atoms in total. The quantitative estimate of drug-likeness (QED) is 0.906. The maximum absolute atomic E-state index is 6.24. The van der Waals surface area contributed by atoms with Gasteiger partial charge in [-0.2, -0.15) is 0 Å². The first kappa shape index (κ1) is 13.1. The lowest BCUT2D eigenvalue weighted by atomic mass is 9.98. The standard InChI is InChI=1S/C15H17ClN2/c1-3-18-15(12-6-4-5-11(2)9-12)13-7-8-17-10-14(13)16/h4-10,15,18H,3H2,1-2H3. The van der Waals surface area contributed by atoms with E-state index in [1.54, 1.807) is 12.4 Å². The number of halogens is 1. The largest absolute Gasteiger partial charge is 0.306 e. The van der Waals surface area contributed by atoms with Gasteiger partial charge in [-0.25, -0.2) is 0 Å². The van der Waals surface area contributed by atoms with E-state index in [1.807, 2.05) is 6.07 Å². The predicted molar refractivity (Wildman–Crippen MR) is 75.9 cm³/mol. The Hall–Kier alpha value is -1.38. The summed E-state index contributed by atoms with van der Waals surface area (Å²) in [5.41, 5.74) is 3.55. The number of rotatable bonds is 4. The average molecular weight is 261 g/mol. The lowest BCUT2D eigenvalue weighted by Gasteiger charge is -2.20. The van der Waals surface area contributed by atoms with Gasteiger partial charge >= 0.3 is 0 Å². The first-order valence-corrected chi connectivity index (χ1v) is 6.49. The third kappa shape index (κ3) is 2.89. The molecule has 0 spiro atoms. The topological polar surface area (TPSA) is 24.9 Å². The number of pyridine rings is 1. The van der Waals surface area contributed by atoms with Crippen molar-refractivity contribution in [3.8, 4) is 0 Å². The number of hydrogen-bond donors (Lipinski definition) is 1. The Morgan fingerprint density at radius 2 is 2.17 bits per heavy atom. The first-order valence-electron chi connectivity index (χ1n) is 6.11. The summed E-state index contributed by atoms with van der Waals surface area (Å²) >= 11 is 6.24. The number of aryl methyl sites for hydroxylation is 1. The van der Waals surface area contributed by atoms with Crippen LogP contribution in [0.25, 0.3) is 0 Å². The molecule has 0 aliphatic rings. The maximum atomic E-state index is 6.24. The number of aromatic nitrogens is 1. The molecule has 1 aromatic carbocycles. The van der Waals surface area contributed by atoms with Gasteiger partial charge in [0.15, 0.2) is 0 Å². The second-order valence-electron chi connectivity index (χ2n) is 4.30. The summed E-state index contributed by atoms with van der Waals surface area (Å²) in [5.74, 6) is 0. The molecule has 1 heterocycles. The maximum Gasteiger partial charge on any atom is 0.0640 e. The Kier molecular flexibility index (Phi) is 4.34. The zero-order valence-electron chi connectivity index (χ0n) is 10.7. The normalized spacial score (nSPS) is 12.4. The molecule has 2 rings (SSSR count). The van der Waals surface area contributed by atoms with Gasteiger partial charge in [0.2, 0.25) is 0 Å². The van der Waals surface area contributed by atoms with Crippen LogP contribution in [0.4, 0.5) is 0 Å². The summed E-state index contributed by atoms with van der Waals surface area (Å²) in [6, 6.07) is 10.6. The van der Waals surface area contributed by atoms with Crippen molar-refractivity contribution in [1.82, 2.24) is 10.3 Å². The molecule has 0 fully saturated rings. The Morgan fingerprint density at radius 3 is 2.83 bits per heavy atom. The van der Waals surface area contributed by atoms with Crippen LogP contribution < -0.4 is 5.32 Å². The third-order valence-electron chi connectivity index (χ3n) is 2.90. The van der Waals surface area contributed by atoms with Crippen LogP contribution in [0.5, 0.6) is 0 Å². The van der Waals surface area contributed by atoms with Gasteiger partial charge in [-0.15, -0.1) is 0 Å². The summed E-state index contributed by atoms with van der Waals surface area (Å²) in [5, 5.41) is 4.17. The van der Waals surface area contributed by atoms with Gasteiger partial charge in [-0.05, 0) is 30.7 Å². The van der Waals surface area contributed by atoms with Crippen LogP contribution in [-0.4, -0.2) is 11.5 Å². The lowest BCUT2D eigenvalue weighted by Crippen LogP contribution is -2.22. The molecule has 0 bridgehead atoms. The predicted octanol–water partition coefficient (Wildman–Crippen LogP) is 3.74. The van der Waals surface area contributed by atoms with Gasteiger partial charge in [0.1, 0.15) is 0 Å². The molecule has 0 aliphatic heterocycles. The minimum absolute atomic E-state index is 0.116. The molecule has 1 N–H and O–H groups in total. The van der Waals surface area contributed by atoms with Crippen molar-refractivity contribution >= 4 is 11.6 Å². The van der Waals surface area contributed by atoms with Crippen LogP contribution in [0.3, 0.4) is 0 Å². The SMILES string of the molecule is CCNC(c1cccc(C)c1)c1ccncc1Cl. The summed E-state index contributed by atoms with van der Waals surface area (Å²) < 4.78 is 0. The molecule has 0 amide bonds. The highest BCUT2D eigenvalue weighted by Crippen LogP contribution is 2.27. The number of benzene rings is 1. The lowest BCUT2D eigenvalue weighted by molar-refractivity contribution is 0.630. The van der Waals surface area contributed by atoms with Crippen molar-refractivity contribution < 1.29 is 0 Å². The summed E-state index contributed by atoms with van der Waals surface area (Å²) in [6.45, 7) is 5.08. The number of nitrogens with zero attached hydrogens (tertiary/aromatic N) is 1. The van der Waals surface area contributed by atoms with Crippen molar-refractivity contribution in [2.24, 2.45) is 0 Å². The Labute approximate surface area is 113 Å². The molecule has 1 aromatic heterocycles. The minimum atomic E-state index is 0.116. The molecule has 0 saturated heterocycles. The van der Waals surface area contributed by atoms with Crippen molar-refractivity contribution in [2.45, 2.75) is 19.9 Å². The summed E-state index contributed by atoms with van der Waals surface area (Å²) in [6.07, 6.45) is 3.47. The number of nitrogens with one attached hydrogen (secondary N) is 1. The fourth-order valence-electron chi connectivity index (χ4n) is 2.08. The van der Waals surface area contributed by atoms with Crippen LogP contribution in [0.2, 0.25) is 5.02 Å². The third-order valence-corrected chi connectivity index (χ3v) is 3.21. The van der Waals surface area contributed by atoms with Crippen molar-refractivity contribution in [3.05, 3.63) is 64.4 Å². The van der Waals surface area contributed by atoms with E-state index in [1.165, 1.54) is 11.1 Å². The second-order valence-corrected chi connectivity index (χ2v) is 4.71. The molecule has 3 heteroatoms. The monoisotopic (exact) mass is 260 g/mol. The molecule has 18 heavy (non-hydrogen) atoms. The summed E-state index contributed by atoms with van der Waals surface area (Å²) in [4.78, 5) is 4.04. The van der Waals surface area contributed by atoms with E-state index < -0.39 is 0 Å². The van der Waals surface area contributed by atoms with Crippen molar-refractivity contribution in [3.63, 3.8) is 0 Å². The van der Waals surface area contributed by atoms with Crippen LogP contribution in [-0.2, 0) is 0 Å². The average Bonchev–Trinajstić information content (AvgIpc) is 2.37. The highest BCUT2D eigenvalue weighted by atomic mass is 35.5. The molecule has 1 atom stereocenters. The highest BCUT2D eigenvalue weighted by molar-refractivity contribution is 6.31. The molecule has 2 aromatic rings. The van der Waals surface area contributed by atoms with E-state index in [0.717, 1.165) is 12.1 Å². The van der Waals surface area contributed by atoms with Crippen LogP contribution in [0.15, 0.2) is 42.7 Å². The Bertz CT molecular complexity index is 525. The van der Waals surface area contributed by atoms with Gasteiger partial charge in [0, 0.05) is 12.4 Å². The van der Waals surface area contributed by atoms with Crippen molar-refractivity contribution in [1.29, 1.82) is 0 Å². The molecular formula is C15H17ClN2. The van der Waals surface area contributed by atoms with Crippen LogP contribution in [0, 0.1) is 6.92 Å². The smallest absolute Gasteiger partial charge is 0.0640 e. The second kappa shape index (κ2) is 5.98. The molecule has 0 aliphatic carbocycles. The molecule has 0 radical (unpaired) electrons. The van der Waals surface area contributed by atoms with E-state index in [0.29, 0.717) is 5.02 Å². The first-order chi connectivity index (χ1) is 8.72. The minimum Gasteiger partial charge on any atom is -0.306 e. The van der Waals surface area contributed by atoms with Crippen molar-refractivity contribution in [2.75, 3.05) is 6.54 Å². The fraction of sp³-hybridized carbons (Fsp3) is 0.267. The van der Waals surface area contributed by atoms with Gasteiger partial charge < -0.3 is 5.32 Å². The zero-order valence-corrected chi connectivity index (χ0v) is 11.4. The molecule has 1 unspecified atom stereocenters. The van der Waals surface area contributed by atoms with Crippen LogP contribution in [0.1, 0.15) is 29.7 Å². The van der Waals surface area contributed by atoms with E-state index in [9.17, 15) is 0 Å². The van der Waals surface area contributed by atoms with Gasteiger partial charge in [0.25, 0.3) is 0 Å². The highest BCUT2D eigenvalue weighted by Gasteiger charge is 2.15. The van der Waals surface area contributed by atoms with Gasteiger partial charge in [-0.1, -0.05) is 48.4 Å². The van der Waals surface area contributed by atoms with Gasteiger partial charge in [0.05, 0.1) is 11.1 Å².